The molecule has 0 amide bonds. The third kappa shape index (κ3) is 6.35. The van der Waals surface area contributed by atoms with Gasteiger partial charge in [0.25, 0.3) is 0 Å². The van der Waals surface area contributed by atoms with Crippen LogP contribution in [0.1, 0.15) is 58.8 Å². The molecule has 1 rings (SSSR count). The van der Waals surface area contributed by atoms with Crippen LogP contribution in [0.15, 0.2) is 30.3 Å². The number of para-hydroxylation sites is 1. The van der Waals surface area contributed by atoms with Crippen LogP contribution in [-0.4, -0.2) is 6.10 Å². The van der Waals surface area contributed by atoms with Gasteiger partial charge in [-0.25, -0.2) is 0 Å². The lowest BCUT2D eigenvalue weighted by Gasteiger charge is -2.19. The van der Waals surface area contributed by atoms with E-state index in [4.69, 9.17) is 4.74 Å². The van der Waals surface area contributed by atoms with E-state index in [0.29, 0.717) is 6.10 Å². The maximum absolute atomic E-state index is 6.06. The van der Waals surface area contributed by atoms with Crippen molar-refractivity contribution in [2.24, 2.45) is 0 Å². The smallest absolute Gasteiger partial charge is 0.119 e. The first-order chi connectivity index (χ1) is 8.36. The Morgan fingerprint density at radius 2 is 1.53 bits per heavy atom. The molecule has 0 saturated carbocycles. The molecule has 0 saturated heterocycles. The summed E-state index contributed by atoms with van der Waals surface area (Å²) in [6.07, 6.45) is 9.21. The number of hydrogen-bond acceptors (Lipinski definition) is 1. The number of unbranched alkanes of at least 4 members (excludes halogenated alkanes) is 3. The number of hydrogen-bond donors (Lipinski definition) is 0. The quantitative estimate of drug-likeness (QED) is 0.533. The molecule has 1 heteroatoms. The second-order valence-corrected chi connectivity index (χ2v) is 4.69. The van der Waals surface area contributed by atoms with Crippen LogP contribution in [0.25, 0.3) is 0 Å². The van der Waals surface area contributed by atoms with Gasteiger partial charge < -0.3 is 4.74 Å². The molecule has 0 N–H and O–H groups in total. The third-order valence-electron chi connectivity index (χ3n) is 3.06. The van der Waals surface area contributed by atoms with Crippen molar-refractivity contribution in [3.8, 4) is 5.75 Å². The zero-order valence-corrected chi connectivity index (χ0v) is 11.3. The lowest BCUT2D eigenvalue weighted by Crippen LogP contribution is -2.16. The first kappa shape index (κ1) is 14.1. The van der Waals surface area contributed by atoms with Gasteiger partial charge in [0.05, 0.1) is 6.10 Å². The molecule has 0 aliphatic carbocycles. The molecule has 17 heavy (non-hydrogen) atoms. The summed E-state index contributed by atoms with van der Waals surface area (Å²) in [4.78, 5) is 0. The highest BCUT2D eigenvalue weighted by atomic mass is 16.5. The Bertz CT molecular complexity index is 268. The highest BCUT2D eigenvalue weighted by Gasteiger charge is 2.09. The molecule has 1 nitrogen and oxygen atoms in total. The molecular weight excluding hydrogens is 208 g/mol. The number of ether oxygens (including phenoxy) is 1. The van der Waals surface area contributed by atoms with Crippen molar-refractivity contribution in [3.05, 3.63) is 30.3 Å². The van der Waals surface area contributed by atoms with Crippen LogP contribution in [0.3, 0.4) is 0 Å². The first-order valence-corrected chi connectivity index (χ1v) is 7.08. The Hall–Kier alpha value is -0.980. The fraction of sp³-hybridized carbons (Fsp3) is 0.625. The predicted octanol–water partition coefficient (Wildman–Crippen LogP) is 5.20. The highest BCUT2D eigenvalue weighted by Crippen LogP contribution is 2.18. The van der Waals surface area contributed by atoms with E-state index in [-0.39, 0.29) is 0 Å². The Morgan fingerprint density at radius 1 is 0.882 bits per heavy atom. The van der Waals surface area contributed by atoms with Crippen LogP contribution in [0, 0.1) is 0 Å². The Labute approximate surface area is 106 Å². The Morgan fingerprint density at radius 3 is 2.18 bits per heavy atom. The molecule has 0 spiro atoms. The average molecular weight is 234 g/mol. The normalized spacial score (nSPS) is 12.4. The number of benzene rings is 1. The summed E-state index contributed by atoms with van der Waals surface area (Å²) in [5.74, 6) is 1.02. The molecular formula is C16H26O. The van der Waals surface area contributed by atoms with E-state index in [1.54, 1.807) is 0 Å². The van der Waals surface area contributed by atoms with Gasteiger partial charge in [-0.1, -0.05) is 57.7 Å². The summed E-state index contributed by atoms with van der Waals surface area (Å²) in [5.41, 5.74) is 0. The summed E-state index contributed by atoms with van der Waals surface area (Å²) >= 11 is 0. The third-order valence-corrected chi connectivity index (χ3v) is 3.06. The van der Waals surface area contributed by atoms with E-state index in [0.717, 1.165) is 5.75 Å². The van der Waals surface area contributed by atoms with Gasteiger partial charge in [-0.2, -0.15) is 0 Å². The molecule has 96 valence electrons. The van der Waals surface area contributed by atoms with Gasteiger partial charge >= 0.3 is 0 Å². The molecule has 0 fully saturated rings. The van der Waals surface area contributed by atoms with E-state index in [1.807, 2.05) is 18.2 Å². The second-order valence-electron chi connectivity index (χ2n) is 4.69. The average Bonchev–Trinajstić information content (AvgIpc) is 2.37. The van der Waals surface area contributed by atoms with Crippen LogP contribution in [0.4, 0.5) is 0 Å². The fourth-order valence-corrected chi connectivity index (χ4v) is 2.01. The topological polar surface area (TPSA) is 9.23 Å². The Balaban J connectivity index is 2.39. The van der Waals surface area contributed by atoms with Crippen LogP contribution in [-0.2, 0) is 0 Å². The molecule has 0 aliphatic heterocycles. The lowest BCUT2D eigenvalue weighted by atomic mass is 10.1. The van der Waals surface area contributed by atoms with Gasteiger partial charge in [-0.15, -0.1) is 0 Å². The van der Waals surface area contributed by atoms with E-state index < -0.39 is 0 Å². The van der Waals surface area contributed by atoms with Gasteiger partial charge in [0.15, 0.2) is 0 Å². The zero-order valence-electron chi connectivity index (χ0n) is 11.3. The minimum absolute atomic E-state index is 0.406. The maximum Gasteiger partial charge on any atom is 0.119 e. The monoisotopic (exact) mass is 234 g/mol. The predicted molar refractivity (Wildman–Crippen MR) is 74.5 cm³/mol. The largest absolute Gasteiger partial charge is 0.490 e. The first-order valence-electron chi connectivity index (χ1n) is 7.08. The van der Waals surface area contributed by atoms with E-state index >= 15 is 0 Å². The van der Waals surface area contributed by atoms with Crippen molar-refractivity contribution >= 4 is 0 Å². The molecule has 1 unspecified atom stereocenters. The fourth-order valence-electron chi connectivity index (χ4n) is 2.01. The van der Waals surface area contributed by atoms with Crippen molar-refractivity contribution in [3.63, 3.8) is 0 Å². The SMILES string of the molecule is CCCCCC(CCCC)Oc1ccccc1. The maximum atomic E-state index is 6.06. The second kappa shape index (κ2) is 9.09. The van der Waals surface area contributed by atoms with Gasteiger partial charge in [-0.05, 0) is 31.4 Å². The van der Waals surface area contributed by atoms with Gasteiger partial charge in [-0.3, -0.25) is 0 Å². The van der Waals surface area contributed by atoms with Crippen molar-refractivity contribution in [1.29, 1.82) is 0 Å². The van der Waals surface area contributed by atoms with Crippen molar-refractivity contribution in [1.82, 2.24) is 0 Å². The highest BCUT2D eigenvalue weighted by molar-refractivity contribution is 5.21. The molecule has 1 aromatic rings. The molecule has 0 bridgehead atoms. The standard InChI is InChI=1S/C16H26O/c1-3-5-8-12-15(11-6-4-2)17-16-13-9-7-10-14-16/h7,9-10,13-15H,3-6,8,11-12H2,1-2H3. The zero-order chi connectivity index (χ0) is 12.3. The summed E-state index contributed by atoms with van der Waals surface area (Å²) in [6, 6.07) is 10.2. The van der Waals surface area contributed by atoms with Gasteiger partial charge in [0.1, 0.15) is 5.75 Å². The Kier molecular flexibility index (Phi) is 7.53. The van der Waals surface area contributed by atoms with Gasteiger partial charge in [0.2, 0.25) is 0 Å². The lowest BCUT2D eigenvalue weighted by molar-refractivity contribution is 0.174. The number of rotatable bonds is 9. The van der Waals surface area contributed by atoms with Crippen molar-refractivity contribution in [2.75, 3.05) is 0 Å². The van der Waals surface area contributed by atoms with Crippen molar-refractivity contribution in [2.45, 2.75) is 64.9 Å². The summed E-state index contributed by atoms with van der Waals surface area (Å²) in [7, 11) is 0. The molecule has 1 aromatic carbocycles. The van der Waals surface area contributed by atoms with E-state index in [9.17, 15) is 0 Å². The van der Waals surface area contributed by atoms with Crippen molar-refractivity contribution < 1.29 is 4.74 Å². The summed E-state index contributed by atoms with van der Waals surface area (Å²) in [5, 5.41) is 0. The molecule has 0 aliphatic rings. The minimum Gasteiger partial charge on any atom is -0.490 e. The minimum atomic E-state index is 0.406. The van der Waals surface area contributed by atoms with Crippen LogP contribution in [0.5, 0.6) is 5.75 Å². The van der Waals surface area contributed by atoms with Gasteiger partial charge in [0, 0.05) is 0 Å². The molecule has 0 aromatic heterocycles. The molecule has 0 heterocycles. The van der Waals surface area contributed by atoms with E-state index in [2.05, 4.69) is 26.0 Å². The van der Waals surface area contributed by atoms with E-state index in [1.165, 1.54) is 44.9 Å². The molecule has 0 radical (unpaired) electrons. The summed E-state index contributed by atoms with van der Waals surface area (Å²) in [6.45, 7) is 4.49. The van der Waals surface area contributed by atoms with Crippen LogP contribution in [0.2, 0.25) is 0 Å². The summed E-state index contributed by atoms with van der Waals surface area (Å²) < 4.78 is 6.06. The van der Waals surface area contributed by atoms with Crippen LogP contribution < -0.4 is 4.74 Å². The molecule has 1 atom stereocenters. The van der Waals surface area contributed by atoms with Crippen LogP contribution >= 0.6 is 0 Å².